The second kappa shape index (κ2) is 6.85. The third-order valence-electron chi connectivity index (χ3n) is 2.98. The van der Waals surface area contributed by atoms with Crippen LogP contribution in [0, 0.1) is 0 Å². The van der Waals surface area contributed by atoms with Crippen molar-refractivity contribution >= 4 is 0 Å². The van der Waals surface area contributed by atoms with E-state index in [2.05, 4.69) is 27.4 Å². The molecule has 2 aromatic heterocycles. The average molecular weight is 277 g/mol. The van der Waals surface area contributed by atoms with Crippen LogP contribution in [0.4, 0.5) is 0 Å². The van der Waals surface area contributed by atoms with Gasteiger partial charge in [-0.25, -0.2) is 0 Å². The van der Waals surface area contributed by atoms with Crippen molar-refractivity contribution in [1.82, 2.24) is 25.1 Å². The minimum Gasteiger partial charge on any atom is -0.493 e. The Balaban J connectivity index is 2.01. The topological polar surface area (TPSA) is 74.1 Å². The van der Waals surface area contributed by atoms with E-state index >= 15 is 0 Å². The lowest BCUT2D eigenvalue weighted by Crippen LogP contribution is -2.17. The molecule has 0 saturated heterocycles. The summed E-state index contributed by atoms with van der Waals surface area (Å²) in [6, 6.07) is 1.77. The fourth-order valence-electron chi connectivity index (χ4n) is 1.95. The molecule has 2 heterocycles. The molecule has 20 heavy (non-hydrogen) atoms. The Hall–Kier alpha value is -2.15. The van der Waals surface area contributed by atoms with Crippen LogP contribution in [0.3, 0.4) is 0 Å². The number of methoxy groups -OCH3 is 2. The van der Waals surface area contributed by atoms with E-state index in [0.717, 1.165) is 18.1 Å². The number of nitrogens with zero attached hydrogens (tertiary/aromatic N) is 4. The standard InChI is InChI=1S/C13H19N5O2/c1-4-18-9-16-17-12(18)8-14-7-10-13(20-3)11(19-2)5-6-15-10/h5-6,9,14H,4,7-8H2,1-3H3. The summed E-state index contributed by atoms with van der Waals surface area (Å²) in [4.78, 5) is 4.31. The molecule has 0 spiro atoms. The number of hydrogen-bond donors (Lipinski definition) is 1. The fourth-order valence-corrected chi connectivity index (χ4v) is 1.95. The zero-order valence-electron chi connectivity index (χ0n) is 12.0. The highest BCUT2D eigenvalue weighted by molar-refractivity contribution is 5.42. The van der Waals surface area contributed by atoms with Crippen LogP contribution in [-0.4, -0.2) is 34.0 Å². The first-order valence-electron chi connectivity index (χ1n) is 6.43. The van der Waals surface area contributed by atoms with E-state index in [0.29, 0.717) is 24.6 Å². The minimum absolute atomic E-state index is 0.566. The summed E-state index contributed by atoms with van der Waals surface area (Å²) in [6.07, 6.45) is 3.42. The van der Waals surface area contributed by atoms with Crippen LogP contribution in [0.5, 0.6) is 11.5 Å². The van der Waals surface area contributed by atoms with Gasteiger partial charge in [0.2, 0.25) is 0 Å². The number of aromatic nitrogens is 4. The molecule has 0 aliphatic carbocycles. The average Bonchev–Trinajstić information content (AvgIpc) is 2.94. The number of hydrogen-bond acceptors (Lipinski definition) is 6. The Bertz CT molecular complexity index is 555. The molecule has 2 rings (SSSR count). The Morgan fingerprint density at radius 1 is 1.25 bits per heavy atom. The van der Waals surface area contributed by atoms with E-state index in [-0.39, 0.29) is 0 Å². The summed E-state index contributed by atoms with van der Waals surface area (Å²) < 4.78 is 12.6. The van der Waals surface area contributed by atoms with E-state index in [9.17, 15) is 0 Å². The molecule has 0 amide bonds. The van der Waals surface area contributed by atoms with Crippen molar-refractivity contribution in [2.75, 3.05) is 14.2 Å². The van der Waals surface area contributed by atoms with Gasteiger partial charge >= 0.3 is 0 Å². The van der Waals surface area contributed by atoms with E-state index < -0.39 is 0 Å². The van der Waals surface area contributed by atoms with Crippen molar-refractivity contribution in [2.45, 2.75) is 26.6 Å². The highest BCUT2D eigenvalue weighted by atomic mass is 16.5. The summed E-state index contributed by atoms with van der Waals surface area (Å²) >= 11 is 0. The van der Waals surface area contributed by atoms with Crippen LogP contribution in [0.15, 0.2) is 18.6 Å². The lowest BCUT2D eigenvalue weighted by atomic mass is 10.3. The van der Waals surface area contributed by atoms with Crippen LogP contribution in [0.1, 0.15) is 18.4 Å². The van der Waals surface area contributed by atoms with Crippen LogP contribution >= 0.6 is 0 Å². The van der Waals surface area contributed by atoms with Crippen LogP contribution in [0.25, 0.3) is 0 Å². The molecule has 1 N–H and O–H groups in total. The molecule has 0 aliphatic rings. The lowest BCUT2D eigenvalue weighted by molar-refractivity contribution is 0.348. The SMILES string of the molecule is CCn1cnnc1CNCc1nccc(OC)c1OC. The summed E-state index contributed by atoms with van der Waals surface area (Å²) in [5.74, 6) is 2.23. The first-order chi connectivity index (χ1) is 9.80. The maximum absolute atomic E-state index is 5.34. The van der Waals surface area contributed by atoms with Crippen LogP contribution in [0.2, 0.25) is 0 Å². The van der Waals surface area contributed by atoms with Crippen LogP contribution in [-0.2, 0) is 19.6 Å². The highest BCUT2D eigenvalue weighted by Gasteiger charge is 2.11. The molecule has 2 aromatic rings. The Kier molecular flexibility index (Phi) is 4.89. The molecule has 7 nitrogen and oxygen atoms in total. The molecule has 0 fully saturated rings. The van der Waals surface area contributed by atoms with E-state index in [1.54, 1.807) is 32.8 Å². The third-order valence-corrected chi connectivity index (χ3v) is 2.98. The molecule has 7 heteroatoms. The third kappa shape index (κ3) is 3.05. The molecular weight excluding hydrogens is 258 g/mol. The fraction of sp³-hybridized carbons (Fsp3) is 0.462. The van der Waals surface area contributed by atoms with E-state index in [4.69, 9.17) is 9.47 Å². The maximum atomic E-state index is 5.34. The van der Waals surface area contributed by atoms with Crippen molar-refractivity contribution in [3.63, 3.8) is 0 Å². The second-order valence-electron chi connectivity index (χ2n) is 4.13. The number of pyridine rings is 1. The molecule has 0 atom stereocenters. The normalized spacial score (nSPS) is 10.6. The summed E-state index contributed by atoms with van der Waals surface area (Å²) in [6.45, 7) is 4.09. The van der Waals surface area contributed by atoms with Gasteiger partial charge in [0.15, 0.2) is 11.5 Å². The van der Waals surface area contributed by atoms with Gasteiger partial charge in [0.25, 0.3) is 0 Å². The van der Waals surface area contributed by atoms with Gasteiger partial charge in [0.1, 0.15) is 12.2 Å². The molecule has 0 aromatic carbocycles. The molecule has 0 unspecified atom stereocenters. The highest BCUT2D eigenvalue weighted by Crippen LogP contribution is 2.28. The molecule has 0 radical (unpaired) electrons. The minimum atomic E-state index is 0.566. The first kappa shape index (κ1) is 14.3. The number of ether oxygens (including phenoxy) is 2. The largest absolute Gasteiger partial charge is 0.493 e. The van der Waals surface area contributed by atoms with Crippen molar-refractivity contribution in [1.29, 1.82) is 0 Å². The van der Waals surface area contributed by atoms with Crippen molar-refractivity contribution in [3.05, 3.63) is 30.1 Å². The number of nitrogens with one attached hydrogen (secondary N) is 1. The summed E-state index contributed by atoms with van der Waals surface area (Å²) in [5.41, 5.74) is 0.800. The zero-order valence-corrected chi connectivity index (χ0v) is 12.0. The van der Waals surface area contributed by atoms with Crippen molar-refractivity contribution < 1.29 is 9.47 Å². The van der Waals surface area contributed by atoms with Gasteiger partial charge in [-0.05, 0) is 6.92 Å². The monoisotopic (exact) mass is 277 g/mol. The molecule has 0 bridgehead atoms. The van der Waals surface area contributed by atoms with Gasteiger partial charge < -0.3 is 19.4 Å². The molecule has 108 valence electrons. The Morgan fingerprint density at radius 2 is 2.10 bits per heavy atom. The smallest absolute Gasteiger partial charge is 0.183 e. The van der Waals surface area contributed by atoms with Gasteiger partial charge in [0, 0.05) is 25.4 Å². The second-order valence-corrected chi connectivity index (χ2v) is 4.13. The first-order valence-corrected chi connectivity index (χ1v) is 6.43. The number of aryl methyl sites for hydroxylation is 1. The lowest BCUT2D eigenvalue weighted by Gasteiger charge is -2.12. The predicted molar refractivity (Wildman–Crippen MR) is 73.6 cm³/mol. The molecule has 0 aliphatic heterocycles. The van der Waals surface area contributed by atoms with E-state index in [1.165, 1.54) is 0 Å². The summed E-state index contributed by atoms with van der Waals surface area (Å²) in [5, 5.41) is 11.2. The zero-order chi connectivity index (χ0) is 14.4. The van der Waals surface area contributed by atoms with E-state index in [1.807, 2.05) is 4.57 Å². The van der Waals surface area contributed by atoms with Crippen LogP contribution < -0.4 is 14.8 Å². The van der Waals surface area contributed by atoms with Gasteiger partial charge in [-0.2, -0.15) is 0 Å². The Morgan fingerprint density at radius 3 is 2.80 bits per heavy atom. The summed E-state index contributed by atoms with van der Waals surface area (Å²) in [7, 11) is 3.22. The van der Waals surface area contributed by atoms with Crippen molar-refractivity contribution in [3.8, 4) is 11.5 Å². The maximum Gasteiger partial charge on any atom is 0.183 e. The van der Waals surface area contributed by atoms with Gasteiger partial charge in [-0.3, -0.25) is 4.98 Å². The van der Waals surface area contributed by atoms with Gasteiger partial charge in [-0.1, -0.05) is 0 Å². The molecule has 0 saturated carbocycles. The van der Waals surface area contributed by atoms with Crippen molar-refractivity contribution in [2.24, 2.45) is 0 Å². The van der Waals surface area contributed by atoms with Gasteiger partial charge in [-0.15, -0.1) is 10.2 Å². The van der Waals surface area contributed by atoms with Gasteiger partial charge in [0.05, 0.1) is 26.5 Å². The quantitative estimate of drug-likeness (QED) is 0.814. The Labute approximate surface area is 118 Å². The molecular formula is C13H19N5O2. The predicted octanol–water partition coefficient (Wildman–Crippen LogP) is 1.000. The number of rotatable bonds is 7.